The maximum Gasteiger partial charge on any atom is 0.293 e. The summed E-state index contributed by atoms with van der Waals surface area (Å²) in [5.74, 6) is 0.947. The molecule has 1 fully saturated rings. The molecule has 5 nitrogen and oxygen atoms in total. The molecule has 0 unspecified atom stereocenters. The lowest BCUT2D eigenvalue weighted by Gasteiger charge is -2.15. The lowest BCUT2D eigenvalue weighted by molar-refractivity contribution is -0.122. The van der Waals surface area contributed by atoms with Gasteiger partial charge >= 0.3 is 0 Å². The Hall–Kier alpha value is -1.71. The van der Waals surface area contributed by atoms with Crippen LogP contribution >= 0.6 is 46.0 Å². The van der Waals surface area contributed by atoms with Crippen LogP contribution in [0.2, 0.25) is 5.02 Å². The zero-order chi connectivity index (χ0) is 21.7. The van der Waals surface area contributed by atoms with Gasteiger partial charge in [-0.1, -0.05) is 36.7 Å². The standard InChI is InChI=1S/C22H21ClINO4S/c1-3-9-25-21(26)19(30-22(25)27)12-14-10-17(24)20(18(11-14)28-4-2)29-13-15-7-5-6-8-16(15)23/h5-8,10-12H,3-4,9,13H2,1-2H3/b19-12+. The number of imide groups is 1. The molecular weight excluding hydrogens is 537 g/mol. The van der Waals surface area contributed by atoms with E-state index < -0.39 is 0 Å². The first-order chi connectivity index (χ1) is 14.4. The van der Waals surface area contributed by atoms with Crippen molar-refractivity contribution < 1.29 is 19.1 Å². The maximum absolute atomic E-state index is 12.5. The Morgan fingerprint density at radius 1 is 1.17 bits per heavy atom. The zero-order valence-corrected chi connectivity index (χ0v) is 20.3. The van der Waals surface area contributed by atoms with Gasteiger partial charge in [0.2, 0.25) is 0 Å². The molecule has 0 bridgehead atoms. The minimum atomic E-state index is -0.251. The number of carbonyl (C=O) groups is 2. The van der Waals surface area contributed by atoms with Crippen molar-refractivity contribution in [1.29, 1.82) is 0 Å². The second-order valence-corrected chi connectivity index (χ2v) is 9.04. The summed E-state index contributed by atoms with van der Waals surface area (Å²) >= 11 is 9.37. The minimum Gasteiger partial charge on any atom is -0.490 e. The Kier molecular flexibility index (Phi) is 8.07. The average molecular weight is 558 g/mol. The lowest BCUT2D eigenvalue weighted by Crippen LogP contribution is -2.28. The fourth-order valence-corrected chi connectivity index (χ4v) is 4.74. The molecule has 158 valence electrons. The number of nitrogens with zero attached hydrogens (tertiary/aromatic N) is 1. The molecule has 0 aromatic heterocycles. The van der Waals surface area contributed by atoms with Gasteiger partial charge in [0.05, 0.1) is 15.1 Å². The van der Waals surface area contributed by atoms with E-state index in [2.05, 4.69) is 22.6 Å². The monoisotopic (exact) mass is 557 g/mol. The topological polar surface area (TPSA) is 55.8 Å². The normalized spacial score (nSPS) is 15.2. The molecule has 8 heteroatoms. The molecule has 0 saturated carbocycles. The molecule has 0 atom stereocenters. The van der Waals surface area contributed by atoms with E-state index in [9.17, 15) is 9.59 Å². The quantitative estimate of drug-likeness (QED) is 0.279. The highest BCUT2D eigenvalue weighted by atomic mass is 127. The van der Waals surface area contributed by atoms with Gasteiger partial charge in [0.1, 0.15) is 6.61 Å². The van der Waals surface area contributed by atoms with Crippen LogP contribution in [0.3, 0.4) is 0 Å². The number of carbonyl (C=O) groups excluding carboxylic acids is 2. The van der Waals surface area contributed by atoms with Crippen LogP contribution in [0.5, 0.6) is 11.5 Å². The largest absolute Gasteiger partial charge is 0.490 e. The van der Waals surface area contributed by atoms with Gasteiger partial charge in [0.25, 0.3) is 11.1 Å². The van der Waals surface area contributed by atoms with Crippen LogP contribution in [0.15, 0.2) is 41.3 Å². The van der Waals surface area contributed by atoms with Crippen molar-refractivity contribution in [3.8, 4) is 11.5 Å². The van der Waals surface area contributed by atoms with Crippen molar-refractivity contribution in [1.82, 2.24) is 4.90 Å². The van der Waals surface area contributed by atoms with Crippen molar-refractivity contribution in [3.05, 3.63) is 61.0 Å². The van der Waals surface area contributed by atoms with Crippen LogP contribution in [0.1, 0.15) is 31.4 Å². The number of benzene rings is 2. The Balaban J connectivity index is 1.87. The van der Waals surface area contributed by atoms with E-state index in [1.807, 2.05) is 50.2 Å². The van der Waals surface area contributed by atoms with Crippen molar-refractivity contribution in [3.63, 3.8) is 0 Å². The fraction of sp³-hybridized carbons (Fsp3) is 0.273. The SMILES string of the molecule is CCCN1C(=O)S/C(=C/c2cc(I)c(OCc3ccccc3Cl)c(OCC)c2)C1=O. The summed E-state index contributed by atoms with van der Waals surface area (Å²) in [5.41, 5.74) is 1.65. The average Bonchev–Trinajstić information content (AvgIpc) is 2.96. The molecule has 2 amide bonds. The number of hydrogen-bond acceptors (Lipinski definition) is 5. The first-order valence-electron chi connectivity index (χ1n) is 9.52. The van der Waals surface area contributed by atoms with E-state index >= 15 is 0 Å². The van der Waals surface area contributed by atoms with E-state index in [1.165, 1.54) is 4.90 Å². The summed E-state index contributed by atoms with van der Waals surface area (Å²) in [7, 11) is 0. The first kappa shape index (κ1) is 23.0. The van der Waals surface area contributed by atoms with E-state index in [0.717, 1.165) is 32.9 Å². The van der Waals surface area contributed by atoms with Gasteiger partial charge in [0.15, 0.2) is 11.5 Å². The highest BCUT2D eigenvalue weighted by molar-refractivity contribution is 14.1. The molecule has 1 aliphatic heterocycles. The predicted octanol–water partition coefficient (Wildman–Crippen LogP) is 6.37. The second kappa shape index (κ2) is 10.5. The van der Waals surface area contributed by atoms with E-state index in [0.29, 0.717) is 41.2 Å². The third-order valence-electron chi connectivity index (χ3n) is 4.28. The summed E-state index contributed by atoms with van der Waals surface area (Å²) in [5, 5.41) is 0.414. The third-order valence-corrected chi connectivity index (χ3v) is 6.36. The van der Waals surface area contributed by atoms with Crippen LogP contribution < -0.4 is 9.47 Å². The molecule has 2 aromatic rings. The number of hydrogen-bond donors (Lipinski definition) is 0. The van der Waals surface area contributed by atoms with Crippen molar-refractivity contribution in [2.75, 3.05) is 13.2 Å². The Morgan fingerprint density at radius 3 is 2.63 bits per heavy atom. The number of amides is 2. The number of ether oxygens (including phenoxy) is 2. The molecule has 0 N–H and O–H groups in total. The summed E-state index contributed by atoms with van der Waals surface area (Å²) in [4.78, 5) is 26.3. The van der Waals surface area contributed by atoms with Crippen LogP contribution in [0, 0.1) is 3.57 Å². The molecule has 0 radical (unpaired) electrons. The highest BCUT2D eigenvalue weighted by Crippen LogP contribution is 2.38. The predicted molar refractivity (Wildman–Crippen MR) is 129 cm³/mol. The van der Waals surface area contributed by atoms with Gasteiger partial charge < -0.3 is 9.47 Å². The highest BCUT2D eigenvalue weighted by Gasteiger charge is 2.34. The van der Waals surface area contributed by atoms with E-state index in [1.54, 1.807) is 6.08 Å². The Labute approximate surface area is 198 Å². The fourth-order valence-electron chi connectivity index (χ4n) is 2.91. The molecule has 30 heavy (non-hydrogen) atoms. The summed E-state index contributed by atoms with van der Waals surface area (Å²) in [6, 6.07) is 11.2. The van der Waals surface area contributed by atoms with Crippen molar-refractivity contribution >= 4 is 63.2 Å². The van der Waals surface area contributed by atoms with E-state index in [4.69, 9.17) is 21.1 Å². The van der Waals surface area contributed by atoms with Gasteiger partial charge in [-0.25, -0.2) is 0 Å². The van der Waals surface area contributed by atoms with Gasteiger partial charge in [0, 0.05) is 17.1 Å². The Morgan fingerprint density at radius 2 is 1.93 bits per heavy atom. The van der Waals surface area contributed by atoms with Gasteiger partial charge in [-0.2, -0.15) is 0 Å². The van der Waals surface area contributed by atoms with Crippen molar-refractivity contribution in [2.24, 2.45) is 0 Å². The van der Waals surface area contributed by atoms with Crippen LogP contribution in [0.25, 0.3) is 6.08 Å². The van der Waals surface area contributed by atoms with Crippen LogP contribution in [-0.4, -0.2) is 29.2 Å². The molecule has 0 aliphatic carbocycles. The summed E-state index contributed by atoms with van der Waals surface area (Å²) in [6.45, 7) is 5.04. The number of rotatable bonds is 8. The molecule has 2 aromatic carbocycles. The smallest absolute Gasteiger partial charge is 0.293 e. The first-order valence-corrected chi connectivity index (χ1v) is 11.8. The number of halogens is 2. The molecule has 1 aliphatic rings. The minimum absolute atomic E-state index is 0.229. The summed E-state index contributed by atoms with van der Waals surface area (Å²) < 4.78 is 12.7. The summed E-state index contributed by atoms with van der Waals surface area (Å²) in [6.07, 6.45) is 2.46. The van der Waals surface area contributed by atoms with Crippen LogP contribution in [-0.2, 0) is 11.4 Å². The number of thioether (sulfide) groups is 1. The molecule has 1 heterocycles. The lowest BCUT2D eigenvalue weighted by atomic mass is 10.1. The van der Waals surface area contributed by atoms with Gasteiger partial charge in [-0.05, 0) is 77.5 Å². The van der Waals surface area contributed by atoms with Crippen LogP contribution in [0.4, 0.5) is 4.79 Å². The molecule has 3 rings (SSSR count). The van der Waals surface area contributed by atoms with Gasteiger partial charge in [-0.15, -0.1) is 0 Å². The Bertz CT molecular complexity index is 995. The maximum atomic E-state index is 12.5. The molecular formula is C22H21ClINO4S. The second-order valence-electron chi connectivity index (χ2n) is 6.48. The molecule has 1 saturated heterocycles. The van der Waals surface area contributed by atoms with Crippen molar-refractivity contribution in [2.45, 2.75) is 26.9 Å². The van der Waals surface area contributed by atoms with Gasteiger partial charge in [-0.3, -0.25) is 14.5 Å². The zero-order valence-electron chi connectivity index (χ0n) is 16.6. The third kappa shape index (κ3) is 5.31. The molecule has 0 spiro atoms. The van der Waals surface area contributed by atoms with E-state index in [-0.39, 0.29) is 11.1 Å².